The Labute approximate surface area is 206 Å². The van der Waals surface area contributed by atoms with Gasteiger partial charge in [0.05, 0.1) is 0 Å². The molecule has 31 heavy (non-hydrogen) atoms. The van der Waals surface area contributed by atoms with Crippen LogP contribution in [0, 0.1) is 0 Å². The molecule has 1 aromatic carbocycles. The Balaban J connectivity index is 0.00000272. The molecule has 1 aliphatic rings. The summed E-state index contributed by atoms with van der Waals surface area (Å²) in [6.45, 7) is 7.24. The minimum Gasteiger partial charge on any atom is -0.361 e. The lowest BCUT2D eigenvalue weighted by Gasteiger charge is -2.33. The predicted molar refractivity (Wildman–Crippen MR) is 144 cm³/mol. The average Bonchev–Trinajstić information content (AvgIpc) is 3.43. The monoisotopic (exact) mass is 551 g/mol. The van der Waals surface area contributed by atoms with Crippen molar-refractivity contribution in [2.24, 2.45) is 4.99 Å². The van der Waals surface area contributed by atoms with Crippen molar-refractivity contribution < 1.29 is 0 Å². The SMILES string of the molecule is CCNC(=NCCCc1c[nH]c2ccccc12)NC1CCN(Cc2ccsc2)CC1.I. The van der Waals surface area contributed by atoms with Crippen LogP contribution in [-0.2, 0) is 13.0 Å². The average molecular weight is 552 g/mol. The molecular weight excluding hydrogens is 517 g/mol. The molecule has 0 amide bonds. The summed E-state index contributed by atoms with van der Waals surface area (Å²) in [6, 6.07) is 11.3. The Bertz CT molecular complexity index is 929. The molecule has 0 unspecified atom stereocenters. The normalized spacial score (nSPS) is 15.7. The molecule has 7 heteroatoms. The van der Waals surface area contributed by atoms with Crippen LogP contribution < -0.4 is 10.6 Å². The van der Waals surface area contributed by atoms with Gasteiger partial charge in [-0.25, -0.2) is 0 Å². The van der Waals surface area contributed by atoms with E-state index < -0.39 is 0 Å². The minimum absolute atomic E-state index is 0. The third kappa shape index (κ3) is 6.95. The molecule has 0 aliphatic carbocycles. The first-order chi connectivity index (χ1) is 14.8. The van der Waals surface area contributed by atoms with Gasteiger partial charge in [0, 0.05) is 55.9 Å². The van der Waals surface area contributed by atoms with Crippen molar-refractivity contribution >= 4 is 52.2 Å². The van der Waals surface area contributed by atoms with Crippen molar-refractivity contribution in [1.82, 2.24) is 20.5 Å². The standard InChI is InChI=1S/C24H33N5S.HI/c1-2-25-24(26-12-5-6-20-16-27-23-8-4-3-7-22(20)23)28-21-9-13-29(14-10-21)17-19-11-15-30-18-19;/h3-4,7-8,11,15-16,18,21,27H,2,5-6,9-10,12-14,17H2,1H3,(H2,25,26,28);1H. The van der Waals surface area contributed by atoms with E-state index >= 15 is 0 Å². The Hall–Kier alpha value is -1.58. The highest BCUT2D eigenvalue weighted by atomic mass is 127. The minimum atomic E-state index is 0. The van der Waals surface area contributed by atoms with Gasteiger partial charge in [0.25, 0.3) is 0 Å². The molecule has 0 radical (unpaired) electrons. The first-order valence-electron chi connectivity index (χ1n) is 11.1. The van der Waals surface area contributed by atoms with Crippen LogP contribution >= 0.6 is 35.3 Å². The number of aromatic nitrogens is 1. The molecule has 3 N–H and O–H groups in total. The van der Waals surface area contributed by atoms with Gasteiger partial charge in [-0.1, -0.05) is 18.2 Å². The van der Waals surface area contributed by atoms with E-state index in [1.54, 1.807) is 11.3 Å². The molecular formula is C24H34IN5S. The van der Waals surface area contributed by atoms with Crippen LogP contribution in [0.15, 0.2) is 52.3 Å². The second-order valence-electron chi connectivity index (χ2n) is 8.05. The summed E-state index contributed by atoms with van der Waals surface area (Å²) < 4.78 is 0. The van der Waals surface area contributed by atoms with Crippen LogP contribution in [0.4, 0.5) is 0 Å². The Morgan fingerprint density at radius 1 is 1.23 bits per heavy atom. The van der Waals surface area contributed by atoms with Crippen LogP contribution in [0.5, 0.6) is 0 Å². The number of rotatable bonds is 8. The maximum absolute atomic E-state index is 4.84. The van der Waals surface area contributed by atoms with Crippen molar-refractivity contribution in [1.29, 1.82) is 0 Å². The van der Waals surface area contributed by atoms with Gasteiger partial charge in [0.15, 0.2) is 5.96 Å². The highest BCUT2D eigenvalue weighted by Crippen LogP contribution is 2.19. The van der Waals surface area contributed by atoms with E-state index in [1.807, 2.05) is 0 Å². The number of aromatic amines is 1. The van der Waals surface area contributed by atoms with Gasteiger partial charge >= 0.3 is 0 Å². The van der Waals surface area contributed by atoms with E-state index in [1.165, 1.54) is 34.9 Å². The number of aryl methyl sites for hydroxylation is 1. The maximum Gasteiger partial charge on any atom is 0.191 e. The smallest absolute Gasteiger partial charge is 0.191 e. The third-order valence-corrected chi connectivity index (χ3v) is 6.54. The first kappa shape index (κ1) is 24.1. The van der Waals surface area contributed by atoms with Crippen LogP contribution in [0.3, 0.4) is 0 Å². The van der Waals surface area contributed by atoms with E-state index in [0.29, 0.717) is 6.04 Å². The molecule has 2 aromatic heterocycles. The predicted octanol–water partition coefficient (Wildman–Crippen LogP) is 5.00. The van der Waals surface area contributed by atoms with E-state index in [9.17, 15) is 0 Å². The fraction of sp³-hybridized carbons (Fsp3) is 0.458. The summed E-state index contributed by atoms with van der Waals surface area (Å²) >= 11 is 1.79. The summed E-state index contributed by atoms with van der Waals surface area (Å²) in [6.07, 6.45) is 6.58. The van der Waals surface area contributed by atoms with Crippen LogP contribution in [0.2, 0.25) is 0 Å². The second-order valence-corrected chi connectivity index (χ2v) is 8.83. The lowest BCUT2D eigenvalue weighted by Crippen LogP contribution is -2.48. The van der Waals surface area contributed by atoms with Crippen LogP contribution in [-0.4, -0.2) is 48.1 Å². The summed E-state index contributed by atoms with van der Waals surface area (Å²) in [5.74, 6) is 0.965. The van der Waals surface area contributed by atoms with E-state index in [-0.39, 0.29) is 24.0 Å². The summed E-state index contributed by atoms with van der Waals surface area (Å²) in [4.78, 5) is 10.8. The Kier molecular flexibility index (Phi) is 9.67. The second kappa shape index (κ2) is 12.5. The molecule has 168 valence electrons. The number of guanidine groups is 1. The van der Waals surface area contributed by atoms with Crippen molar-refractivity contribution in [3.8, 4) is 0 Å². The van der Waals surface area contributed by atoms with Gasteiger partial charge < -0.3 is 15.6 Å². The number of nitrogens with one attached hydrogen (secondary N) is 3. The number of benzene rings is 1. The molecule has 4 rings (SSSR count). The number of H-pyrrole nitrogens is 1. The third-order valence-electron chi connectivity index (χ3n) is 5.81. The molecule has 0 saturated carbocycles. The van der Waals surface area contributed by atoms with Gasteiger partial charge in [-0.05, 0) is 66.6 Å². The number of likely N-dealkylation sites (tertiary alicyclic amines) is 1. The quantitative estimate of drug-likeness (QED) is 0.160. The number of fused-ring (bicyclic) bond motifs is 1. The largest absolute Gasteiger partial charge is 0.361 e. The van der Waals surface area contributed by atoms with Gasteiger partial charge in [-0.15, -0.1) is 24.0 Å². The van der Waals surface area contributed by atoms with E-state index in [0.717, 1.165) is 51.5 Å². The summed E-state index contributed by atoms with van der Waals surface area (Å²) in [5.41, 5.74) is 4.05. The molecule has 0 atom stereocenters. The van der Waals surface area contributed by atoms with Crippen LogP contribution in [0.25, 0.3) is 10.9 Å². The molecule has 3 heterocycles. The molecule has 1 aliphatic heterocycles. The molecule has 0 bridgehead atoms. The Morgan fingerprint density at radius 3 is 2.84 bits per heavy atom. The number of aliphatic imine (C=N–C) groups is 1. The highest BCUT2D eigenvalue weighted by Gasteiger charge is 2.20. The fourth-order valence-corrected chi connectivity index (χ4v) is 4.85. The van der Waals surface area contributed by atoms with E-state index in [2.05, 4.69) is 74.7 Å². The van der Waals surface area contributed by atoms with Crippen molar-refractivity contribution in [2.45, 2.75) is 45.2 Å². The number of piperidine rings is 1. The van der Waals surface area contributed by atoms with Gasteiger partial charge in [-0.3, -0.25) is 9.89 Å². The summed E-state index contributed by atoms with van der Waals surface area (Å²) in [5, 5.41) is 12.9. The van der Waals surface area contributed by atoms with Crippen molar-refractivity contribution in [3.63, 3.8) is 0 Å². The zero-order valence-electron chi connectivity index (χ0n) is 18.3. The molecule has 3 aromatic rings. The first-order valence-corrected chi connectivity index (χ1v) is 12.1. The number of para-hydroxylation sites is 1. The van der Waals surface area contributed by atoms with Gasteiger partial charge in [0.2, 0.25) is 0 Å². The Morgan fingerprint density at radius 2 is 2.06 bits per heavy atom. The zero-order valence-corrected chi connectivity index (χ0v) is 21.4. The summed E-state index contributed by atoms with van der Waals surface area (Å²) in [7, 11) is 0. The van der Waals surface area contributed by atoms with Gasteiger partial charge in [-0.2, -0.15) is 11.3 Å². The highest BCUT2D eigenvalue weighted by molar-refractivity contribution is 14.0. The number of nitrogens with zero attached hydrogens (tertiary/aromatic N) is 2. The topological polar surface area (TPSA) is 55.5 Å². The van der Waals surface area contributed by atoms with Gasteiger partial charge in [0.1, 0.15) is 0 Å². The van der Waals surface area contributed by atoms with Crippen molar-refractivity contribution in [2.75, 3.05) is 26.2 Å². The molecule has 1 saturated heterocycles. The zero-order chi connectivity index (χ0) is 20.6. The number of hydrogen-bond acceptors (Lipinski definition) is 3. The molecule has 1 fully saturated rings. The van der Waals surface area contributed by atoms with Crippen molar-refractivity contribution in [3.05, 3.63) is 58.4 Å². The lowest BCUT2D eigenvalue weighted by atomic mass is 10.0. The van der Waals surface area contributed by atoms with E-state index in [4.69, 9.17) is 4.99 Å². The molecule has 5 nitrogen and oxygen atoms in total. The number of halogens is 1. The number of thiophene rings is 1. The maximum atomic E-state index is 4.84. The number of hydrogen-bond donors (Lipinski definition) is 3. The lowest BCUT2D eigenvalue weighted by molar-refractivity contribution is 0.198. The fourth-order valence-electron chi connectivity index (χ4n) is 4.19. The molecule has 0 spiro atoms. The van der Waals surface area contributed by atoms with Crippen LogP contribution in [0.1, 0.15) is 37.3 Å².